The molecule has 10 heteroatoms. The Morgan fingerprint density at radius 2 is 1.91 bits per heavy atom. The van der Waals surface area contributed by atoms with Gasteiger partial charge in [-0.2, -0.15) is 0 Å². The molecule has 0 aliphatic heterocycles. The lowest BCUT2D eigenvalue weighted by Crippen LogP contribution is -2.27. The van der Waals surface area contributed by atoms with Crippen molar-refractivity contribution in [3.05, 3.63) is 75.5 Å². The lowest BCUT2D eigenvalue weighted by atomic mass is 10.2. The molecular weight excluding hydrogens is 540 g/mol. The van der Waals surface area contributed by atoms with E-state index in [1.165, 1.54) is 11.8 Å². The van der Waals surface area contributed by atoms with Crippen molar-refractivity contribution in [1.82, 2.24) is 15.3 Å². The summed E-state index contributed by atoms with van der Waals surface area (Å²) in [6.07, 6.45) is 2.32. The highest BCUT2D eigenvalue weighted by molar-refractivity contribution is 9.10. The Bertz CT molecular complexity index is 1130. The minimum absolute atomic E-state index is 0.125. The van der Waals surface area contributed by atoms with Gasteiger partial charge in [0.1, 0.15) is 11.4 Å². The van der Waals surface area contributed by atoms with Crippen LogP contribution in [-0.2, 0) is 10.5 Å². The summed E-state index contributed by atoms with van der Waals surface area (Å²) in [5.74, 6) is 0.886. The number of ether oxygens (including phenoxy) is 1. The molecule has 3 aromatic rings. The first-order valence-electron chi connectivity index (χ1n) is 10.7. The summed E-state index contributed by atoms with van der Waals surface area (Å²) in [6.45, 7) is 2.85. The van der Waals surface area contributed by atoms with Gasteiger partial charge in [0, 0.05) is 35.6 Å². The van der Waals surface area contributed by atoms with Crippen molar-refractivity contribution < 1.29 is 14.3 Å². The Morgan fingerprint density at radius 3 is 2.65 bits per heavy atom. The highest BCUT2D eigenvalue weighted by Crippen LogP contribution is 2.25. The third-order valence-electron chi connectivity index (χ3n) is 4.57. The van der Waals surface area contributed by atoms with Gasteiger partial charge in [-0.3, -0.25) is 9.59 Å². The number of thioether (sulfide) groups is 1. The average Bonchev–Trinajstić information content (AvgIpc) is 2.83. The van der Waals surface area contributed by atoms with E-state index in [1.54, 1.807) is 30.5 Å². The fraction of sp³-hybridized carbons (Fsp3) is 0.250. The fourth-order valence-corrected chi connectivity index (χ4v) is 4.37. The number of rotatable bonds is 11. The van der Waals surface area contributed by atoms with Crippen LogP contribution in [0.4, 0.5) is 5.69 Å². The maximum Gasteiger partial charge on any atom is 0.271 e. The maximum absolute atomic E-state index is 12.6. The Morgan fingerprint density at radius 1 is 1.15 bits per heavy atom. The number of halogens is 2. The molecule has 178 valence electrons. The highest BCUT2D eigenvalue weighted by Gasteiger charge is 2.14. The van der Waals surface area contributed by atoms with Crippen molar-refractivity contribution in [2.45, 2.75) is 30.7 Å². The van der Waals surface area contributed by atoms with E-state index in [1.807, 2.05) is 31.2 Å². The summed E-state index contributed by atoms with van der Waals surface area (Å²) in [5.41, 5.74) is 1.91. The molecule has 0 aliphatic rings. The van der Waals surface area contributed by atoms with Gasteiger partial charge in [0.05, 0.1) is 11.1 Å². The van der Waals surface area contributed by atoms with Crippen molar-refractivity contribution in [3.63, 3.8) is 0 Å². The molecule has 0 aliphatic carbocycles. The number of carbonyl (C=O) groups excluding carboxylic acids is 2. The van der Waals surface area contributed by atoms with E-state index in [9.17, 15) is 9.59 Å². The smallest absolute Gasteiger partial charge is 0.271 e. The summed E-state index contributed by atoms with van der Waals surface area (Å²) in [5, 5.41) is 6.79. The number of aromatic nitrogens is 2. The van der Waals surface area contributed by atoms with Crippen LogP contribution in [0, 0.1) is 0 Å². The molecule has 2 N–H and O–H groups in total. The topological polar surface area (TPSA) is 93.2 Å². The van der Waals surface area contributed by atoms with E-state index in [4.69, 9.17) is 16.3 Å². The van der Waals surface area contributed by atoms with Gasteiger partial charge in [-0.25, -0.2) is 9.97 Å². The van der Waals surface area contributed by atoms with Crippen molar-refractivity contribution in [1.29, 1.82) is 0 Å². The lowest BCUT2D eigenvalue weighted by molar-refractivity contribution is -0.116. The second-order valence-electron chi connectivity index (χ2n) is 7.09. The van der Waals surface area contributed by atoms with Crippen LogP contribution in [0.2, 0.25) is 5.02 Å². The van der Waals surface area contributed by atoms with E-state index in [0.29, 0.717) is 45.7 Å². The zero-order chi connectivity index (χ0) is 24.3. The molecule has 0 fully saturated rings. The Balaban J connectivity index is 1.44. The van der Waals surface area contributed by atoms with Gasteiger partial charge in [0.15, 0.2) is 5.16 Å². The summed E-state index contributed by atoms with van der Waals surface area (Å²) >= 11 is 10.9. The van der Waals surface area contributed by atoms with Crippen molar-refractivity contribution in [2.75, 3.05) is 18.5 Å². The predicted molar refractivity (Wildman–Crippen MR) is 139 cm³/mol. The van der Waals surface area contributed by atoms with Crippen LogP contribution >= 0.6 is 39.3 Å². The molecule has 0 bridgehead atoms. The minimum atomic E-state index is -0.333. The highest BCUT2D eigenvalue weighted by atomic mass is 79.9. The number of nitrogens with zero attached hydrogens (tertiary/aromatic N) is 2. The van der Waals surface area contributed by atoms with Gasteiger partial charge in [-0.1, -0.05) is 41.6 Å². The number of benzene rings is 2. The van der Waals surface area contributed by atoms with Gasteiger partial charge < -0.3 is 15.4 Å². The van der Waals surface area contributed by atoms with Gasteiger partial charge >= 0.3 is 0 Å². The summed E-state index contributed by atoms with van der Waals surface area (Å²) in [7, 11) is 0. The Labute approximate surface area is 216 Å². The minimum Gasteiger partial charge on any atom is -0.494 e. The molecule has 0 unspecified atom stereocenters. The third kappa shape index (κ3) is 8.00. The van der Waals surface area contributed by atoms with E-state index < -0.39 is 0 Å². The molecule has 2 amide bonds. The zero-order valence-corrected chi connectivity index (χ0v) is 21.7. The standard InChI is InChI=1S/C24H24BrClN4O3S/c1-2-33-18-11-9-17(10-12-18)29-21(31)8-5-13-27-23(32)22-19(25)14-28-24(30-22)34-15-16-6-3-4-7-20(16)26/h3-4,6-7,9-12,14H,2,5,8,13,15H2,1H3,(H,27,32)(H,29,31). The molecule has 1 heterocycles. The molecule has 7 nitrogen and oxygen atoms in total. The van der Waals surface area contributed by atoms with E-state index >= 15 is 0 Å². The second-order valence-corrected chi connectivity index (χ2v) is 9.30. The molecule has 2 aromatic carbocycles. The third-order valence-corrected chi connectivity index (χ3v) is 6.43. The van der Waals surface area contributed by atoms with Crippen LogP contribution in [0.25, 0.3) is 0 Å². The first kappa shape index (κ1) is 26.0. The molecular formula is C24H24BrClN4O3S. The summed E-state index contributed by atoms with van der Waals surface area (Å²) in [4.78, 5) is 33.4. The number of anilines is 1. The van der Waals surface area contributed by atoms with Crippen molar-refractivity contribution in [2.24, 2.45) is 0 Å². The maximum atomic E-state index is 12.6. The van der Waals surface area contributed by atoms with Crippen LogP contribution in [0.1, 0.15) is 35.8 Å². The summed E-state index contributed by atoms with van der Waals surface area (Å²) in [6, 6.07) is 14.8. The van der Waals surface area contributed by atoms with Crippen molar-refractivity contribution in [3.8, 4) is 5.75 Å². The molecule has 1 aromatic heterocycles. The van der Waals surface area contributed by atoms with Crippen LogP contribution in [0.3, 0.4) is 0 Å². The normalized spacial score (nSPS) is 10.6. The Hall–Kier alpha value is -2.62. The number of carbonyl (C=O) groups is 2. The van der Waals surface area contributed by atoms with Crippen LogP contribution < -0.4 is 15.4 Å². The molecule has 0 radical (unpaired) electrons. The fourth-order valence-electron chi connectivity index (χ4n) is 2.90. The molecule has 3 rings (SSSR count). The van der Waals surface area contributed by atoms with Gasteiger partial charge in [0.25, 0.3) is 5.91 Å². The molecule has 34 heavy (non-hydrogen) atoms. The van der Waals surface area contributed by atoms with E-state index in [0.717, 1.165) is 11.3 Å². The number of hydrogen-bond acceptors (Lipinski definition) is 6. The monoisotopic (exact) mass is 562 g/mol. The average molecular weight is 564 g/mol. The number of amides is 2. The Kier molecular flexibility index (Phi) is 10.2. The first-order chi connectivity index (χ1) is 16.5. The summed E-state index contributed by atoms with van der Waals surface area (Å²) < 4.78 is 5.89. The van der Waals surface area contributed by atoms with Crippen molar-refractivity contribution >= 4 is 56.8 Å². The number of hydrogen-bond donors (Lipinski definition) is 2. The molecule has 0 saturated heterocycles. The first-order valence-corrected chi connectivity index (χ1v) is 12.8. The van der Waals surface area contributed by atoms with Gasteiger partial charge in [-0.05, 0) is 65.2 Å². The van der Waals surface area contributed by atoms with Crippen LogP contribution in [0.15, 0.2) is 64.4 Å². The predicted octanol–water partition coefficient (Wildman–Crippen LogP) is 5.73. The SMILES string of the molecule is CCOc1ccc(NC(=O)CCCNC(=O)c2nc(SCc3ccccc3Cl)ncc2Br)cc1. The largest absolute Gasteiger partial charge is 0.494 e. The zero-order valence-electron chi connectivity index (χ0n) is 18.5. The van der Waals surface area contributed by atoms with Crippen LogP contribution in [-0.4, -0.2) is 34.9 Å². The second kappa shape index (κ2) is 13.3. The molecule has 0 spiro atoms. The van der Waals surface area contributed by atoms with E-state index in [2.05, 4.69) is 36.5 Å². The lowest BCUT2D eigenvalue weighted by Gasteiger charge is -2.09. The quantitative estimate of drug-likeness (QED) is 0.176. The molecule has 0 atom stereocenters. The molecule has 0 saturated carbocycles. The number of nitrogens with one attached hydrogen (secondary N) is 2. The van der Waals surface area contributed by atoms with Crippen LogP contribution in [0.5, 0.6) is 5.75 Å². The van der Waals surface area contributed by atoms with E-state index in [-0.39, 0.29) is 23.9 Å². The van der Waals surface area contributed by atoms with Gasteiger partial charge in [0.2, 0.25) is 5.91 Å². The van der Waals surface area contributed by atoms with Gasteiger partial charge in [-0.15, -0.1) is 0 Å².